The highest BCUT2D eigenvalue weighted by Crippen LogP contribution is 2.36. The Bertz CT molecular complexity index is 593. The zero-order valence-electron chi connectivity index (χ0n) is 12.9. The fourth-order valence-corrected chi connectivity index (χ4v) is 4.87. The number of benzene rings is 1. The molecule has 1 heterocycles. The minimum Gasteiger partial charge on any atom is -0.252 e. The molecule has 1 saturated carbocycles. The highest BCUT2D eigenvalue weighted by atomic mass is 32.2. The molecule has 3 heteroatoms. The summed E-state index contributed by atoms with van der Waals surface area (Å²) in [6.45, 7) is 0. The van der Waals surface area contributed by atoms with Crippen molar-refractivity contribution in [1.29, 1.82) is 0 Å². The molecule has 0 spiro atoms. The zero-order valence-corrected chi connectivity index (χ0v) is 13.7. The van der Waals surface area contributed by atoms with Crippen molar-refractivity contribution in [2.45, 2.75) is 48.8 Å². The number of hydrogen-bond acceptors (Lipinski definition) is 2. The Morgan fingerprint density at radius 3 is 2.41 bits per heavy atom. The summed E-state index contributed by atoms with van der Waals surface area (Å²) in [5.41, 5.74) is 1.18. The molecular formula is C19H23NOS. The summed E-state index contributed by atoms with van der Waals surface area (Å²) in [5.74, 6) is 0.701. The maximum atomic E-state index is 13.1. The molecule has 1 aliphatic rings. The van der Waals surface area contributed by atoms with Gasteiger partial charge >= 0.3 is 0 Å². The van der Waals surface area contributed by atoms with E-state index in [-0.39, 0.29) is 5.25 Å². The molecule has 0 aliphatic heterocycles. The van der Waals surface area contributed by atoms with Crippen LogP contribution in [0.15, 0.2) is 59.8 Å². The third kappa shape index (κ3) is 3.83. The smallest absolute Gasteiger partial charge is 0.127 e. The van der Waals surface area contributed by atoms with Crippen molar-refractivity contribution in [3.8, 4) is 0 Å². The third-order valence-electron chi connectivity index (χ3n) is 4.55. The van der Waals surface area contributed by atoms with Crippen LogP contribution in [0.2, 0.25) is 0 Å². The van der Waals surface area contributed by atoms with E-state index in [1.165, 1.54) is 37.7 Å². The van der Waals surface area contributed by atoms with Gasteiger partial charge in [0.2, 0.25) is 0 Å². The molecule has 1 aromatic heterocycles. The average molecular weight is 313 g/mol. The highest BCUT2D eigenvalue weighted by Gasteiger charge is 2.26. The minimum atomic E-state index is -1.08. The van der Waals surface area contributed by atoms with Gasteiger partial charge in [0, 0.05) is 6.20 Å². The fourth-order valence-electron chi connectivity index (χ4n) is 3.35. The first kappa shape index (κ1) is 15.4. The Balaban J connectivity index is 1.84. The van der Waals surface area contributed by atoms with Crippen molar-refractivity contribution in [2.75, 3.05) is 0 Å². The number of aromatic nitrogens is 1. The number of nitrogens with zero attached hydrogens (tertiary/aromatic N) is 1. The van der Waals surface area contributed by atoms with Gasteiger partial charge in [-0.1, -0.05) is 68.5 Å². The summed E-state index contributed by atoms with van der Waals surface area (Å²) < 4.78 is 13.1. The van der Waals surface area contributed by atoms with Crippen LogP contribution in [-0.2, 0) is 10.8 Å². The van der Waals surface area contributed by atoms with E-state index in [0.717, 1.165) is 6.42 Å². The van der Waals surface area contributed by atoms with E-state index in [1.54, 1.807) is 6.20 Å². The Labute approximate surface area is 135 Å². The van der Waals surface area contributed by atoms with Gasteiger partial charge in [0.1, 0.15) is 5.03 Å². The van der Waals surface area contributed by atoms with Crippen LogP contribution < -0.4 is 0 Å². The Morgan fingerprint density at radius 2 is 1.73 bits per heavy atom. The predicted octanol–water partition coefficient (Wildman–Crippen LogP) is 4.90. The van der Waals surface area contributed by atoms with E-state index in [9.17, 15) is 4.21 Å². The summed E-state index contributed by atoms with van der Waals surface area (Å²) in [6.07, 6.45) is 9.30. The minimum absolute atomic E-state index is 0.0548. The highest BCUT2D eigenvalue weighted by molar-refractivity contribution is 7.85. The number of pyridine rings is 1. The average Bonchev–Trinajstić information content (AvgIpc) is 2.61. The molecule has 0 saturated heterocycles. The molecule has 0 N–H and O–H groups in total. The summed E-state index contributed by atoms with van der Waals surface area (Å²) >= 11 is 0. The van der Waals surface area contributed by atoms with Crippen molar-refractivity contribution in [3.05, 3.63) is 60.3 Å². The van der Waals surface area contributed by atoms with Gasteiger partial charge in [-0.25, -0.2) is 4.98 Å². The Hall–Kier alpha value is -1.48. The Morgan fingerprint density at radius 1 is 1.00 bits per heavy atom. The van der Waals surface area contributed by atoms with E-state index in [4.69, 9.17) is 0 Å². The molecule has 0 bridgehead atoms. The molecule has 1 aromatic carbocycles. The molecule has 0 radical (unpaired) electrons. The first-order chi connectivity index (χ1) is 10.8. The molecule has 22 heavy (non-hydrogen) atoms. The second-order valence-corrected chi connectivity index (χ2v) is 7.69. The van der Waals surface area contributed by atoms with E-state index in [0.29, 0.717) is 10.9 Å². The van der Waals surface area contributed by atoms with Crippen LogP contribution in [0, 0.1) is 5.92 Å². The van der Waals surface area contributed by atoms with E-state index in [1.807, 2.05) is 36.4 Å². The SMILES string of the molecule is O=[S@@](c1ccccn1)[C@H](CC1CCCCC1)c1ccccc1. The molecule has 3 rings (SSSR count). The lowest BCUT2D eigenvalue weighted by Gasteiger charge is -2.26. The van der Waals surface area contributed by atoms with Crippen LogP contribution in [-0.4, -0.2) is 9.19 Å². The van der Waals surface area contributed by atoms with Crippen LogP contribution in [0.3, 0.4) is 0 Å². The molecular weight excluding hydrogens is 290 g/mol. The van der Waals surface area contributed by atoms with Crippen LogP contribution in [0.25, 0.3) is 0 Å². The summed E-state index contributed by atoms with van der Waals surface area (Å²) in [4.78, 5) is 4.32. The van der Waals surface area contributed by atoms with Crippen LogP contribution in [0.4, 0.5) is 0 Å². The maximum absolute atomic E-state index is 13.1. The molecule has 2 nitrogen and oxygen atoms in total. The normalized spacial score (nSPS) is 18.7. The van der Waals surface area contributed by atoms with Crippen molar-refractivity contribution in [2.24, 2.45) is 5.92 Å². The van der Waals surface area contributed by atoms with Crippen molar-refractivity contribution in [3.63, 3.8) is 0 Å². The topological polar surface area (TPSA) is 30.0 Å². The standard InChI is InChI=1S/C19H23NOS/c21-22(19-13-7-8-14-20-19)18(17-11-5-2-6-12-17)15-16-9-3-1-4-10-16/h2,5-8,11-14,16,18H,1,3-4,9-10,15H2/t18-,22-/m1/s1. The van der Waals surface area contributed by atoms with Gasteiger partial charge in [-0.2, -0.15) is 0 Å². The first-order valence-electron chi connectivity index (χ1n) is 8.21. The molecule has 116 valence electrons. The summed E-state index contributed by atoms with van der Waals surface area (Å²) in [7, 11) is -1.08. The van der Waals surface area contributed by atoms with Gasteiger partial charge in [0.25, 0.3) is 0 Å². The lowest BCUT2D eigenvalue weighted by atomic mass is 9.85. The third-order valence-corrected chi connectivity index (χ3v) is 6.18. The monoisotopic (exact) mass is 313 g/mol. The number of hydrogen-bond donors (Lipinski definition) is 0. The maximum Gasteiger partial charge on any atom is 0.127 e. The summed E-state index contributed by atoms with van der Waals surface area (Å²) in [6, 6.07) is 16.0. The number of rotatable bonds is 5. The molecule has 2 atom stereocenters. The van der Waals surface area contributed by atoms with E-state index >= 15 is 0 Å². The molecule has 0 amide bonds. The molecule has 1 aliphatic carbocycles. The molecule has 0 unspecified atom stereocenters. The lowest BCUT2D eigenvalue weighted by molar-refractivity contribution is 0.336. The van der Waals surface area contributed by atoms with Crippen LogP contribution in [0.1, 0.15) is 49.3 Å². The van der Waals surface area contributed by atoms with E-state index < -0.39 is 10.8 Å². The second kappa shape index (κ2) is 7.68. The lowest BCUT2D eigenvalue weighted by Crippen LogP contribution is -2.15. The van der Waals surface area contributed by atoms with Gasteiger partial charge in [-0.3, -0.25) is 4.21 Å². The first-order valence-corrected chi connectivity index (χ1v) is 9.42. The quantitative estimate of drug-likeness (QED) is 0.785. The van der Waals surface area contributed by atoms with Crippen molar-refractivity contribution >= 4 is 10.8 Å². The zero-order chi connectivity index (χ0) is 15.2. The van der Waals surface area contributed by atoms with Crippen molar-refractivity contribution < 1.29 is 4.21 Å². The van der Waals surface area contributed by atoms with Gasteiger partial charge < -0.3 is 0 Å². The van der Waals surface area contributed by atoms with Gasteiger partial charge in [-0.05, 0) is 30.0 Å². The van der Waals surface area contributed by atoms with Gasteiger partial charge in [0.15, 0.2) is 0 Å². The Kier molecular flexibility index (Phi) is 5.38. The molecule has 1 fully saturated rings. The van der Waals surface area contributed by atoms with Gasteiger partial charge in [-0.15, -0.1) is 0 Å². The predicted molar refractivity (Wildman–Crippen MR) is 91.0 cm³/mol. The van der Waals surface area contributed by atoms with Crippen molar-refractivity contribution in [1.82, 2.24) is 4.98 Å². The summed E-state index contributed by atoms with van der Waals surface area (Å²) in [5, 5.41) is 0.756. The van der Waals surface area contributed by atoms with Gasteiger partial charge in [0.05, 0.1) is 16.0 Å². The van der Waals surface area contributed by atoms with Crippen LogP contribution >= 0.6 is 0 Å². The molecule has 2 aromatic rings. The second-order valence-electron chi connectivity index (χ2n) is 6.10. The van der Waals surface area contributed by atoms with E-state index in [2.05, 4.69) is 17.1 Å². The van der Waals surface area contributed by atoms with Crippen LogP contribution in [0.5, 0.6) is 0 Å². The fraction of sp³-hybridized carbons (Fsp3) is 0.421. The largest absolute Gasteiger partial charge is 0.252 e.